The van der Waals surface area contributed by atoms with Gasteiger partial charge in [-0.3, -0.25) is 0 Å². The first-order valence-corrected chi connectivity index (χ1v) is 5.55. The quantitative estimate of drug-likeness (QED) is 0.894. The molecule has 0 aliphatic heterocycles. The van der Waals surface area contributed by atoms with Gasteiger partial charge in [-0.1, -0.05) is 28.1 Å². The van der Waals surface area contributed by atoms with Crippen LogP contribution in [-0.4, -0.2) is 25.5 Å². The molecule has 0 bridgehead atoms. The van der Waals surface area contributed by atoms with Crippen LogP contribution >= 0.6 is 15.9 Å². The van der Waals surface area contributed by atoms with E-state index in [-0.39, 0.29) is 0 Å². The second kappa shape index (κ2) is 5.49. The molecule has 0 saturated carbocycles. The van der Waals surface area contributed by atoms with E-state index in [9.17, 15) is 0 Å². The standard InChI is InChI=1S/C11H17BrN2/c1-14(2)8-10-4-3-9(5-6-13)7-11(10)12/h3-4,7H,5-6,8,13H2,1-2H3. The van der Waals surface area contributed by atoms with Crippen molar-refractivity contribution in [3.63, 3.8) is 0 Å². The number of hydrogen-bond acceptors (Lipinski definition) is 2. The SMILES string of the molecule is CN(C)Cc1ccc(CCN)cc1Br. The molecule has 1 aromatic carbocycles. The van der Waals surface area contributed by atoms with E-state index < -0.39 is 0 Å². The average Bonchev–Trinajstić information content (AvgIpc) is 2.10. The molecule has 0 aromatic heterocycles. The molecule has 0 heterocycles. The predicted octanol–water partition coefficient (Wildman–Crippen LogP) is 2.01. The Bertz CT molecular complexity index is 297. The van der Waals surface area contributed by atoms with Crippen molar-refractivity contribution in [1.29, 1.82) is 0 Å². The van der Waals surface area contributed by atoms with Crippen molar-refractivity contribution in [2.24, 2.45) is 5.73 Å². The van der Waals surface area contributed by atoms with Gasteiger partial charge in [-0.2, -0.15) is 0 Å². The van der Waals surface area contributed by atoms with E-state index in [0.29, 0.717) is 6.54 Å². The number of nitrogens with two attached hydrogens (primary N) is 1. The smallest absolute Gasteiger partial charge is 0.0238 e. The van der Waals surface area contributed by atoms with Crippen molar-refractivity contribution in [1.82, 2.24) is 4.90 Å². The summed E-state index contributed by atoms with van der Waals surface area (Å²) in [7, 11) is 4.14. The highest BCUT2D eigenvalue weighted by Crippen LogP contribution is 2.19. The van der Waals surface area contributed by atoms with Crippen molar-refractivity contribution >= 4 is 15.9 Å². The fourth-order valence-electron chi connectivity index (χ4n) is 1.38. The first kappa shape index (κ1) is 11.7. The molecule has 0 unspecified atom stereocenters. The maximum absolute atomic E-state index is 5.51. The summed E-state index contributed by atoms with van der Waals surface area (Å²) in [6.07, 6.45) is 0.945. The van der Waals surface area contributed by atoms with Gasteiger partial charge < -0.3 is 10.6 Å². The molecule has 78 valence electrons. The van der Waals surface area contributed by atoms with Crippen LogP contribution in [0.1, 0.15) is 11.1 Å². The summed E-state index contributed by atoms with van der Waals surface area (Å²) in [4.78, 5) is 2.16. The Morgan fingerprint density at radius 3 is 2.57 bits per heavy atom. The Kier molecular flexibility index (Phi) is 4.58. The molecule has 1 rings (SSSR count). The van der Waals surface area contributed by atoms with Gasteiger partial charge in [0.25, 0.3) is 0 Å². The lowest BCUT2D eigenvalue weighted by atomic mass is 10.1. The van der Waals surface area contributed by atoms with Gasteiger partial charge in [-0.05, 0) is 44.3 Å². The van der Waals surface area contributed by atoms with Crippen molar-refractivity contribution in [3.05, 3.63) is 33.8 Å². The Labute approximate surface area is 94.2 Å². The fourth-order valence-corrected chi connectivity index (χ4v) is 1.93. The third kappa shape index (κ3) is 3.40. The van der Waals surface area contributed by atoms with Gasteiger partial charge in [-0.15, -0.1) is 0 Å². The van der Waals surface area contributed by atoms with Gasteiger partial charge in [-0.25, -0.2) is 0 Å². The highest BCUT2D eigenvalue weighted by Gasteiger charge is 2.02. The molecule has 3 heteroatoms. The Hall–Kier alpha value is -0.380. The molecule has 14 heavy (non-hydrogen) atoms. The van der Waals surface area contributed by atoms with Crippen molar-refractivity contribution in [3.8, 4) is 0 Å². The van der Waals surface area contributed by atoms with Gasteiger partial charge in [0.2, 0.25) is 0 Å². The lowest BCUT2D eigenvalue weighted by Gasteiger charge is -2.12. The third-order valence-electron chi connectivity index (χ3n) is 2.04. The largest absolute Gasteiger partial charge is 0.330 e. The number of nitrogens with zero attached hydrogens (tertiary/aromatic N) is 1. The van der Waals surface area contributed by atoms with Gasteiger partial charge in [0.05, 0.1) is 0 Å². The predicted molar refractivity (Wildman–Crippen MR) is 64.3 cm³/mol. The van der Waals surface area contributed by atoms with Crippen LogP contribution in [0.4, 0.5) is 0 Å². The molecular formula is C11H17BrN2. The number of rotatable bonds is 4. The monoisotopic (exact) mass is 256 g/mol. The van der Waals surface area contributed by atoms with Crippen LogP contribution in [0.15, 0.2) is 22.7 Å². The van der Waals surface area contributed by atoms with Crippen molar-refractivity contribution in [2.45, 2.75) is 13.0 Å². The molecule has 0 atom stereocenters. The third-order valence-corrected chi connectivity index (χ3v) is 2.78. The first-order chi connectivity index (χ1) is 6.63. The van der Waals surface area contributed by atoms with E-state index in [0.717, 1.165) is 13.0 Å². The zero-order chi connectivity index (χ0) is 10.6. The van der Waals surface area contributed by atoms with Gasteiger partial charge >= 0.3 is 0 Å². The molecule has 0 spiro atoms. The summed E-state index contributed by atoms with van der Waals surface area (Å²) < 4.78 is 1.18. The highest BCUT2D eigenvalue weighted by atomic mass is 79.9. The molecule has 0 aliphatic rings. The normalized spacial score (nSPS) is 10.9. The van der Waals surface area contributed by atoms with E-state index in [1.165, 1.54) is 15.6 Å². The number of hydrogen-bond donors (Lipinski definition) is 1. The van der Waals surface area contributed by atoms with Crippen LogP contribution < -0.4 is 5.73 Å². The van der Waals surface area contributed by atoms with E-state index in [4.69, 9.17) is 5.73 Å². The van der Waals surface area contributed by atoms with Crippen molar-refractivity contribution < 1.29 is 0 Å². The van der Waals surface area contributed by atoms with Gasteiger partial charge in [0.1, 0.15) is 0 Å². The topological polar surface area (TPSA) is 29.3 Å². The lowest BCUT2D eigenvalue weighted by molar-refractivity contribution is 0.401. The maximum Gasteiger partial charge on any atom is 0.0238 e. The zero-order valence-corrected chi connectivity index (χ0v) is 10.3. The van der Waals surface area contributed by atoms with Crippen LogP contribution in [-0.2, 0) is 13.0 Å². The van der Waals surface area contributed by atoms with Gasteiger partial charge in [0, 0.05) is 11.0 Å². The second-order valence-electron chi connectivity index (χ2n) is 3.70. The molecular weight excluding hydrogens is 240 g/mol. The minimum absolute atomic E-state index is 0.708. The maximum atomic E-state index is 5.51. The van der Waals surface area contributed by atoms with E-state index in [2.05, 4.69) is 53.1 Å². The van der Waals surface area contributed by atoms with Crippen molar-refractivity contribution in [2.75, 3.05) is 20.6 Å². The van der Waals surface area contributed by atoms with Crippen LogP contribution in [0.2, 0.25) is 0 Å². The lowest BCUT2D eigenvalue weighted by Crippen LogP contribution is -2.11. The Morgan fingerprint density at radius 1 is 1.36 bits per heavy atom. The van der Waals surface area contributed by atoms with E-state index in [1.807, 2.05) is 0 Å². The molecule has 0 amide bonds. The fraction of sp³-hybridized carbons (Fsp3) is 0.455. The zero-order valence-electron chi connectivity index (χ0n) is 8.76. The Morgan fingerprint density at radius 2 is 2.07 bits per heavy atom. The minimum atomic E-state index is 0.708. The number of benzene rings is 1. The first-order valence-electron chi connectivity index (χ1n) is 4.75. The second-order valence-corrected chi connectivity index (χ2v) is 4.56. The average molecular weight is 257 g/mol. The molecule has 0 radical (unpaired) electrons. The Balaban J connectivity index is 2.79. The number of halogens is 1. The molecule has 0 aliphatic carbocycles. The molecule has 0 saturated heterocycles. The summed E-state index contributed by atoms with van der Waals surface area (Å²) in [6, 6.07) is 6.47. The summed E-state index contributed by atoms with van der Waals surface area (Å²) in [6.45, 7) is 1.67. The van der Waals surface area contributed by atoms with E-state index in [1.54, 1.807) is 0 Å². The summed E-state index contributed by atoms with van der Waals surface area (Å²) in [5.41, 5.74) is 8.11. The van der Waals surface area contributed by atoms with Gasteiger partial charge in [0.15, 0.2) is 0 Å². The van der Waals surface area contributed by atoms with Crippen LogP contribution in [0.3, 0.4) is 0 Å². The summed E-state index contributed by atoms with van der Waals surface area (Å²) >= 11 is 3.58. The van der Waals surface area contributed by atoms with E-state index >= 15 is 0 Å². The molecule has 2 nitrogen and oxygen atoms in total. The molecule has 1 aromatic rings. The molecule has 2 N–H and O–H groups in total. The highest BCUT2D eigenvalue weighted by molar-refractivity contribution is 9.10. The summed E-state index contributed by atoms with van der Waals surface area (Å²) in [5.74, 6) is 0. The molecule has 0 fully saturated rings. The van der Waals surface area contributed by atoms with Crippen LogP contribution in [0, 0.1) is 0 Å². The minimum Gasteiger partial charge on any atom is -0.330 e. The van der Waals surface area contributed by atoms with Crippen LogP contribution in [0.5, 0.6) is 0 Å². The van der Waals surface area contributed by atoms with Crippen LogP contribution in [0.25, 0.3) is 0 Å². The summed E-state index contributed by atoms with van der Waals surface area (Å²) in [5, 5.41) is 0.